The van der Waals surface area contributed by atoms with Crippen LogP contribution in [0.25, 0.3) is 11.3 Å². The summed E-state index contributed by atoms with van der Waals surface area (Å²) in [4.78, 5) is 2.19. The highest BCUT2D eigenvalue weighted by atomic mass is 32.2. The van der Waals surface area contributed by atoms with Crippen molar-refractivity contribution in [3.05, 3.63) is 71.7 Å². The number of alkyl halides is 3. The molecule has 0 bridgehead atoms. The van der Waals surface area contributed by atoms with Crippen molar-refractivity contribution >= 4 is 10.0 Å². The fraction of sp³-hybridized carbons (Fsp3) is 0.118. The van der Waals surface area contributed by atoms with Crippen molar-refractivity contribution in [2.24, 2.45) is 0 Å². The van der Waals surface area contributed by atoms with Crippen LogP contribution < -0.4 is 4.83 Å². The quantitative estimate of drug-likeness (QED) is 0.676. The van der Waals surface area contributed by atoms with E-state index in [0.717, 1.165) is 6.07 Å². The number of halogens is 4. The van der Waals surface area contributed by atoms with Gasteiger partial charge in [-0.2, -0.15) is 31.2 Å². The molecule has 0 radical (unpaired) electrons. The Kier molecular flexibility index (Phi) is 4.68. The maximum atomic E-state index is 14.3. The Morgan fingerprint density at radius 1 is 1.04 bits per heavy atom. The van der Waals surface area contributed by atoms with Crippen LogP contribution >= 0.6 is 0 Å². The zero-order valence-electron chi connectivity index (χ0n) is 13.8. The van der Waals surface area contributed by atoms with Gasteiger partial charge in [0.2, 0.25) is 0 Å². The zero-order valence-corrected chi connectivity index (χ0v) is 14.6. The molecule has 0 amide bonds. The van der Waals surface area contributed by atoms with E-state index in [1.165, 1.54) is 36.4 Å². The Labute approximate surface area is 152 Å². The van der Waals surface area contributed by atoms with Crippen molar-refractivity contribution in [2.45, 2.75) is 18.0 Å². The summed E-state index contributed by atoms with van der Waals surface area (Å²) < 4.78 is 78.4. The molecule has 0 saturated carbocycles. The van der Waals surface area contributed by atoms with Crippen molar-refractivity contribution in [3.8, 4) is 11.3 Å². The summed E-state index contributed by atoms with van der Waals surface area (Å²) >= 11 is 0. The molecular formula is C17H13F4N3O2S. The van der Waals surface area contributed by atoms with E-state index in [1.54, 1.807) is 13.0 Å². The molecule has 3 rings (SSSR count). The van der Waals surface area contributed by atoms with Crippen molar-refractivity contribution in [1.82, 2.24) is 9.89 Å². The van der Waals surface area contributed by atoms with Gasteiger partial charge in [-0.05, 0) is 42.8 Å². The lowest BCUT2D eigenvalue weighted by Gasteiger charge is -2.12. The van der Waals surface area contributed by atoms with Crippen molar-refractivity contribution in [2.75, 3.05) is 4.83 Å². The number of hydrogen-bond donors (Lipinski definition) is 1. The van der Waals surface area contributed by atoms with Crippen LogP contribution in [0.4, 0.5) is 17.6 Å². The Hall–Kier alpha value is -2.88. The Morgan fingerprint density at radius 3 is 2.30 bits per heavy atom. The summed E-state index contributed by atoms with van der Waals surface area (Å²) in [6, 6.07) is 11.5. The molecule has 0 unspecified atom stereocenters. The van der Waals surface area contributed by atoms with Gasteiger partial charge >= 0.3 is 6.18 Å². The summed E-state index contributed by atoms with van der Waals surface area (Å²) in [5.74, 6) is -0.802. The summed E-state index contributed by atoms with van der Waals surface area (Å²) in [6.07, 6.45) is -4.83. The fourth-order valence-electron chi connectivity index (χ4n) is 2.38. The summed E-state index contributed by atoms with van der Waals surface area (Å²) in [5, 5.41) is 3.27. The van der Waals surface area contributed by atoms with Crippen LogP contribution in [-0.2, 0) is 16.2 Å². The zero-order chi connectivity index (χ0) is 19.8. The van der Waals surface area contributed by atoms with Crippen LogP contribution in [-0.4, -0.2) is 18.3 Å². The van der Waals surface area contributed by atoms with Crippen LogP contribution in [0.5, 0.6) is 0 Å². The third-order valence-electron chi connectivity index (χ3n) is 3.66. The highest BCUT2D eigenvalue weighted by Gasteiger charge is 2.36. The third-order valence-corrected chi connectivity index (χ3v) is 4.97. The molecule has 27 heavy (non-hydrogen) atoms. The number of nitrogens with zero attached hydrogens (tertiary/aromatic N) is 2. The first-order valence-electron chi connectivity index (χ1n) is 7.59. The summed E-state index contributed by atoms with van der Waals surface area (Å²) in [7, 11) is -4.24. The first-order valence-corrected chi connectivity index (χ1v) is 9.08. The second-order valence-electron chi connectivity index (χ2n) is 5.72. The second-order valence-corrected chi connectivity index (χ2v) is 7.38. The molecule has 1 N–H and O–H groups in total. The number of nitrogens with one attached hydrogen (secondary N) is 1. The Balaban J connectivity index is 2.13. The molecule has 3 aromatic rings. The van der Waals surface area contributed by atoms with Gasteiger partial charge in [-0.3, -0.25) is 0 Å². The van der Waals surface area contributed by atoms with E-state index in [-0.39, 0.29) is 16.2 Å². The minimum absolute atomic E-state index is 0.176. The molecule has 5 nitrogen and oxygen atoms in total. The van der Waals surface area contributed by atoms with E-state index < -0.39 is 27.7 Å². The summed E-state index contributed by atoms with van der Waals surface area (Å²) in [5.41, 5.74) is -1.39. The molecular weight excluding hydrogens is 386 g/mol. The number of hydrogen-bond acceptors (Lipinski definition) is 3. The molecule has 0 aliphatic rings. The SMILES string of the molecule is Cc1ccc(-c2cc(C(F)(F)F)nn2NS(=O)(=O)c2ccccc2)c(F)c1. The van der Waals surface area contributed by atoms with E-state index in [4.69, 9.17) is 0 Å². The molecule has 1 heterocycles. The van der Waals surface area contributed by atoms with Gasteiger partial charge in [0.05, 0.1) is 10.6 Å². The van der Waals surface area contributed by atoms with Crippen molar-refractivity contribution < 1.29 is 26.0 Å². The molecule has 0 fully saturated rings. The first kappa shape index (κ1) is 18.9. The lowest BCUT2D eigenvalue weighted by atomic mass is 10.1. The van der Waals surface area contributed by atoms with E-state index >= 15 is 0 Å². The second kappa shape index (κ2) is 6.69. The van der Waals surface area contributed by atoms with Gasteiger partial charge in [-0.1, -0.05) is 24.3 Å². The number of sulfonamides is 1. The van der Waals surface area contributed by atoms with E-state index in [2.05, 4.69) is 5.10 Å². The van der Waals surface area contributed by atoms with Crippen molar-refractivity contribution in [3.63, 3.8) is 0 Å². The molecule has 142 valence electrons. The number of aromatic nitrogens is 2. The molecule has 10 heteroatoms. The maximum Gasteiger partial charge on any atom is 0.435 e. The van der Waals surface area contributed by atoms with E-state index in [0.29, 0.717) is 16.4 Å². The first-order chi connectivity index (χ1) is 12.6. The van der Waals surface area contributed by atoms with Gasteiger partial charge in [0.1, 0.15) is 5.82 Å². The van der Waals surface area contributed by atoms with Crippen LogP contribution in [0.15, 0.2) is 59.5 Å². The van der Waals surface area contributed by atoms with Gasteiger partial charge in [0.25, 0.3) is 10.0 Å². The van der Waals surface area contributed by atoms with Crippen molar-refractivity contribution in [1.29, 1.82) is 0 Å². The molecule has 0 aliphatic carbocycles. The number of benzene rings is 2. The predicted octanol–water partition coefficient (Wildman–Crippen LogP) is 3.95. The topological polar surface area (TPSA) is 64.0 Å². The maximum absolute atomic E-state index is 14.3. The summed E-state index contributed by atoms with van der Waals surface area (Å²) in [6.45, 7) is 1.61. The van der Waals surface area contributed by atoms with Gasteiger partial charge < -0.3 is 0 Å². The monoisotopic (exact) mass is 399 g/mol. The molecule has 0 aliphatic heterocycles. The largest absolute Gasteiger partial charge is 0.435 e. The highest BCUT2D eigenvalue weighted by molar-refractivity contribution is 7.92. The van der Waals surface area contributed by atoms with E-state index in [9.17, 15) is 26.0 Å². The fourth-order valence-corrected chi connectivity index (χ4v) is 3.36. The van der Waals surface area contributed by atoms with Crippen LogP contribution in [0, 0.1) is 12.7 Å². The molecule has 0 spiro atoms. The number of rotatable bonds is 4. The highest BCUT2D eigenvalue weighted by Crippen LogP contribution is 2.32. The normalized spacial score (nSPS) is 12.2. The van der Waals surface area contributed by atoms with Gasteiger partial charge in [0.15, 0.2) is 5.69 Å². The van der Waals surface area contributed by atoms with Crippen LogP contribution in [0.1, 0.15) is 11.3 Å². The lowest BCUT2D eigenvalue weighted by molar-refractivity contribution is -0.141. The predicted molar refractivity (Wildman–Crippen MR) is 90.3 cm³/mol. The van der Waals surface area contributed by atoms with E-state index in [1.807, 2.05) is 4.83 Å². The van der Waals surface area contributed by atoms with Crippen LogP contribution in [0.2, 0.25) is 0 Å². The minimum atomic E-state index is -4.83. The average molecular weight is 399 g/mol. The molecule has 0 atom stereocenters. The Bertz CT molecular complexity index is 1080. The molecule has 1 aromatic heterocycles. The van der Waals surface area contributed by atoms with Gasteiger partial charge in [-0.25, -0.2) is 4.39 Å². The number of aryl methyl sites for hydroxylation is 1. The lowest BCUT2D eigenvalue weighted by Crippen LogP contribution is -2.25. The van der Waals surface area contributed by atoms with Crippen LogP contribution in [0.3, 0.4) is 0 Å². The molecule has 2 aromatic carbocycles. The smallest absolute Gasteiger partial charge is 0.206 e. The minimum Gasteiger partial charge on any atom is -0.206 e. The third kappa shape index (κ3) is 3.95. The average Bonchev–Trinajstić information content (AvgIpc) is 2.99. The standard InChI is InChI=1S/C17H13F4N3O2S/c1-11-7-8-13(14(18)9-11)15-10-16(17(19,20)21)22-24(15)23-27(25,26)12-5-3-2-4-6-12/h2-10,23H,1H3. The molecule has 0 saturated heterocycles. The van der Waals surface area contributed by atoms with Gasteiger partial charge in [-0.15, -0.1) is 5.10 Å². The van der Waals surface area contributed by atoms with Gasteiger partial charge in [0, 0.05) is 5.56 Å². The Morgan fingerprint density at radius 2 is 1.70 bits per heavy atom.